The molecule has 0 N–H and O–H groups in total. The van der Waals surface area contributed by atoms with E-state index in [2.05, 4.69) is 95.9 Å². The van der Waals surface area contributed by atoms with Crippen LogP contribution in [0.2, 0.25) is 0 Å². The summed E-state index contributed by atoms with van der Waals surface area (Å²) < 4.78 is 0. The molecule has 2 heteroatoms. The summed E-state index contributed by atoms with van der Waals surface area (Å²) in [5.74, 6) is 0.448. The number of rotatable bonds is 5. The maximum Gasteiger partial charge on any atom is 0.0630 e. The second-order valence-electron chi connectivity index (χ2n) is 6.57. The van der Waals surface area contributed by atoms with Crippen molar-refractivity contribution in [3.8, 4) is 0 Å². The lowest BCUT2D eigenvalue weighted by molar-refractivity contribution is 0.319. The first kappa shape index (κ1) is 16.5. The molecule has 0 spiro atoms. The molecule has 1 fully saturated rings. The number of hydrogen-bond donors (Lipinski definition) is 0. The van der Waals surface area contributed by atoms with E-state index in [4.69, 9.17) is 0 Å². The first-order valence-electron chi connectivity index (χ1n) is 9.12. The molecule has 25 heavy (non-hydrogen) atoms. The van der Waals surface area contributed by atoms with E-state index in [-0.39, 0.29) is 0 Å². The van der Waals surface area contributed by atoms with Gasteiger partial charge in [-0.15, -0.1) is 0 Å². The van der Waals surface area contributed by atoms with Crippen molar-refractivity contribution in [3.63, 3.8) is 0 Å². The lowest BCUT2D eigenvalue weighted by atomic mass is 10.2. The Hall–Kier alpha value is -1.95. The molecule has 1 nitrogen and oxygen atoms in total. The lowest BCUT2D eigenvalue weighted by Crippen LogP contribution is -2.30. The second kappa shape index (κ2) is 7.95. The van der Waals surface area contributed by atoms with Gasteiger partial charge in [-0.3, -0.25) is 4.90 Å². The molecule has 0 radical (unpaired) electrons. The van der Waals surface area contributed by atoms with Crippen LogP contribution in [0.15, 0.2) is 91.0 Å². The van der Waals surface area contributed by atoms with Crippen LogP contribution < -0.4 is 10.6 Å². The molecule has 126 valence electrons. The zero-order valence-electron chi connectivity index (χ0n) is 14.5. The van der Waals surface area contributed by atoms with Gasteiger partial charge in [0.15, 0.2) is 0 Å². The molecule has 0 aromatic heterocycles. The monoisotopic (exact) mass is 345 g/mol. The van der Waals surface area contributed by atoms with Gasteiger partial charge in [-0.25, -0.2) is 0 Å². The van der Waals surface area contributed by atoms with Crippen molar-refractivity contribution in [1.82, 2.24) is 4.90 Å². The van der Waals surface area contributed by atoms with Gasteiger partial charge < -0.3 is 0 Å². The van der Waals surface area contributed by atoms with Crippen molar-refractivity contribution >= 4 is 18.5 Å². The Kier molecular flexibility index (Phi) is 5.25. The highest BCUT2D eigenvalue weighted by molar-refractivity contribution is 7.73. The Bertz CT molecular complexity index is 727. The molecule has 4 rings (SSSR count). The summed E-state index contributed by atoms with van der Waals surface area (Å²) in [4.78, 5) is 2.71. The van der Waals surface area contributed by atoms with E-state index in [9.17, 15) is 0 Å². The summed E-state index contributed by atoms with van der Waals surface area (Å²) in [5.41, 5.74) is 1.45. The van der Waals surface area contributed by atoms with E-state index in [1.165, 1.54) is 42.1 Å². The van der Waals surface area contributed by atoms with Crippen LogP contribution >= 0.6 is 7.92 Å². The molecule has 1 atom stereocenters. The van der Waals surface area contributed by atoms with Gasteiger partial charge in [-0.2, -0.15) is 0 Å². The van der Waals surface area contributed by atoms with Gasteiger partial charge in [0.05, 0.1) is 5.78 Å². The van der Waals surface area contributed by atoms with Crippen molar-refractivity contribution in [1.29, 1.82) is 0 Å². The Labute approximate surface area is 152 Å². The molecule has 1 saturated heterocycles. The van der Waals surface area contributed by atoms with Crippen LogP contribution in [-0.2, 0) is 0 Å². The Morgan fingerprint density at radius 3 is 1.52 bits per heavy atom. The summed E-state index contributed by atoms with van der Waals surface area (Å²) >= 11 is 0. The third kappa shape index (κ3) is 3.68. The lowest BCUT2D eigenvalue weighted by Gasteiger charge is -2.36. The van der Waals surface area contributed by atoms with Gasteiger partial charge >= 0.3 is 0 Å². The van der Waals surface area contributed by atoms with E-state index in [1.807, 2.05) is 0 Å². The van der Waals surface area contributed by atoms with Gasteiger partial charge in [-0.05, 0) is 50.0 Å². The molecule has 1 unspecified atom stereocenters. The molecular weight excluding hydrogens is 321 g/mol. The van der Waals surface area contributed by atoms with E-state index in [1.54, 1.807) is 0 Å². The van der Waals surface area contributed by atoms with E-state index in [0.29, 0.717) is 5.78 Å². The highest BCUT2D eigenvalue weighted by Gasteiger charge is 2.32. The van der Waals surface area contributed by atoms with Crippen LogP contribution in [0, 0.1) is 0 Å². The minimum absolute atomic E-state index is 0.448. The van der Waals surface area contributed by atoms with E-state index < -0.39 is 7.92 Å². The smallest absolute Gasteiger partial charge is 0.0630 e. The zero-order chi connectivity index (χ0) is 16.9. The topological polar surface area (TPSA) is 3.24 Å². The molecule has 3 aromatic rings. The molecule has 0 aliphatic carbocycles. The third-order valence-electron chi connectivity index (χ3n) is 4.90. The van der Waals surface area contributed by atoms with Crippen LogP contribution in [0.25, 0.3) is 0 Å². The van der Waals surface area contributed by atoms with E-state index >= 15 is 0 Å². The van der Waals surface area contributed by atoms with Gasteiger partial charge in [0.1, 0.15) is 0 Å². The summed E-state index contributed by atoms with van der Waals surface area (Å²) in [6.07, 6.45) is 2.63. The Morgan fingerprint density at radius 2 is 1.04 bits per heavy atom. The fraction of sp³-hybridized carbons (Fsp3) is 0.217. The van der Waals surface area contributed by atoms with Gasteiger partial charge in [0, 0.05) is 0 Å². The van der Waals surface area contributed by atoms with Gasteiger partial charge in [-0.1, -0.05) is 91.0 Å². The van der Waals surface area contributed by atoms with Crippen LogP contribution in [-0.4, -0.2) is 18.0 Å². The largest absolute Gasteiger partial charge is 0.292 e. The standard InChI is InChI=1S/C23H24NP/c1-4-12-20(13-5-1)23(24-18-10-11-19-24)25(21-14-6-2-7-15-21)22-16-8-3-9-17-22/h1-9,12-17,23H,10-11,18-19H2. The highest BCUT2D eigenvalue weighted by Crippen LogP contribution is 2.52. The number of benzene rings is 3. The Balaban J connectivity index is 1.84. The maximum absolute atomic E-state index is 2.71. The minimum Gasteiger partial charge on any atom is -0.292 e. The van der Waals surface area contributed by atoms with Crippen molar-refractivity contribution in [2.75, 3.05) is 13.1 Å². The summed E-state index contributed by atoms with van der Waals surface area (Å²) in [7, 11) is -0.476. The number of hydrogen-bond acceptors (Lipinski definition) is 1. The van der Waals surface area contributed by atoms with Crippen molar-refractivity contribution < 1.29 is 0 Å². The molecule has 3 aromatic carbocycles. The normalized spacial score (nSPS) is 16.2. The second-order valence-corrected chi connectivity index (χ2v) is 8.83. The van der Waals surface area contributed by atoms with Crippen LogP contribution in [0.4, 0.5) is 0 Å². The quantitative estimate of drug-likeness (QED) is 0.594. The predicted molar refractivity (Wildman–Crippen MR) is 109 cm³/mol. The zero-order valence-corrected chi connectivity index (χ0v) is 15.4. The molecule has 0 bridgehead atoms. The highest BCUT2D eigenvalue weighted by atomic mass is 31.1. The Morgan fingerprint density at radius 1 is 0.600 bits per heavy atom. The van der Waals surface area contributed by atoms with Gasteiger partial charge in [0.2, 0.25) is 0 Å². The van der Waals surface area contributed by atoms with Crippen molar-refractivity contribution in [2.45, 2.75) is 18.6 Å². The van der Waals surface area contributed by atoms with Crippen molar-refractivity contribution in [2.24, 2.45) is 0 Å². The van der Waals surface area contributed by atoms with Crippen LogP contribution in [0.1, 0.15) is 24.2 Å². The minimum atomic E-state index is -0.476. The molecule has 1 heterocycles. The van der Waals surface area contributed by atoms with E-state index in [0.717, 1.165) is 0 Å². The van der Waals surface area contributed by atoms with Gasteiger partial charge in [0.25, 0.3) is 0 Å². The molecule has 1 aliphatic rings. The fourth-order valence-corrected chi connectivity index (χ4v) is 6.62. The number of likely N-dealkylation sites (tertiary alicyclic amines) is 1. The average Bonchev–Trinajstić information content (AvgIpc) is 3.22. The van der Waals surface area contributed by atoms with Crippen LogP contribution in [0.5, 0.6) is 0 Å². The maximum atomic E-state index is 2.71. The predicted octanol–water partition coefficient (Wildman–Crippen LogP) is 4.91. The molecule has 0 saturated carbocycles. The molecular formula is C23H24NP. The molecule has 0 amide bonds. The summed E-state index contributed by atoms with van der Waals surface area (Å²) in [5, 5.41) is 2.92. The van der Waals surface area contributed by atoms with Crippen LogP contribution in [0.3, 0.4) is 0 Å². The fourth-order valence-electron chi connectivity index (χ4n) is 3.74. The first-order valence-corrected chi connectivity index (χ1v) is 10.5. The average molecular weight is 345 g/mol. The van der Waals surface area contributed by atoms with Crippen molar-refractivity contribution in [3.05, 3.63) is 96.6 Å². The SMILES string of the molecule is c1ccc(C(N2CCCC2)P(c2ccccc2)c2ccccc2)cc1. The summed E-state index contributed by atoms with van der Waals surface area (Å²) in [6, 6.07) is 33.3. The number of nitrogens with zero attached hydrogens (tertiary/aromatic N) is 1. The third-order valence-corrected chi connectivity index (χ3v) is 7.72. The molecule has 1 aliphatic heterocycles. The summed E-state index contributed by atoms with van der Waals surface area (Å²) in [6.45, 7) is 2.41. The first-order chi connectivity index (χ1) is 12.4.